The van der Waals surface area contributed by atoms with E-state index in [0.29, 0.717) is 11.7 Å². The quantitative estimate of drug-likeness (QED) is 0.635. The largest absolute Gasteiger partial charge is 0.457 e. The molecule has 0 aromatic carbocycles. The fourth-order valence-corrected chi connectivity index (χ4v) is 4.02. The molecule has 2 atom stereocenters. The van der Waals surface area contributed by atoms with Gasteiger partial charge in [0.15, 0.2) is 0 Å². The first-order valence-electron chi connectivity index (χ1n) is 9.17. The molecular formula is C17H33BO2. The van der Waals surface area contributed by atoms with Crippen LogP contribution in [0.4, 0.5) is 0 Å². The van der Waals surface area contributed by atoms with Crippen molar-refractivity contribution in [3.63, 3.8) is 0 Å². The summed E-state index contributed by atoms with van der Waals surface area (Å²) in [5, 5.41) is 10.1. The summed E-state index contributed by atoms with van der Waals surface area (Å²) in [6, 6.07) is 0. The fraction of sp³-hybridized carbons (Fsp3) is 1.00. The minimum absolute atomic E-state index is 0.411. The normalized spacial score (nSPS) is 31.9. The maximum Gasteiger partial charge on any atom is 0.457 e. The van der Waals surface area contributed by atoms with Crippen LogP contribution in [0.25, 0.3) is 0 Å². The first-order valence-corrected chi connectivity index (χ1v) is 9.17. The average Bonchev–Trinajstić information content (AvgIpc) is 2.46. The second kappa shape index (κ2) is 9.84. The topological polar surface area (TPSA) is 29.5 Å². The highest BCUT2D eigenvalue weighted by atomic mass is 16.5. The number of hydrogen-bond acceptors (Lipinski definition) is 2. The SMILES string of the molecule is OB1OCCC2CCCCCCCCCCCCCC12. The molecule has 20 heavy (non-hydrogen) atoms. The van der Waals surface area contributed by atoms with Crippen molar-refractivity contribution in [3.05, 3.63) is 0 Å². The lowest BCUT2D eigenvalue weighted by Gasteiger charge is -2.33. The minimum atomic E-state index is -0.482. The average molecular weight is 280 g/mol. The molecule has 0 aromatic rings. The van der Waals surface area contributed by atoms with Crippen molar-refractivity contribution < 1.29 is 9.68 Å². The molecule has 3 heteroatoms. The minimum Gasteiger partial charge on any atom is -0.427 e. The number of hydrogen-bond donors (Lipinski definition) is 1. The van der Waals surface area contributed by atoms with Gasteiger partial charge in [-0.2, -0.15) is 0 Å². The Morgan fingerprint density at radius 3 is 1.75 bits per heavy atom. The molecule has 1 saturated carbocycles. The van der Waals surface area contributed by atoms with Gasteiger partial charge in [-0.05, 0) is 18.2 Å². The van der Waals surface area contributed by atoms with Crippen LogP contribution < -0.4 is 0 Å². The third kappa shape index (κ3) is 5.77. The molecule has 0 spiro atoms. The molecule has 116 valence electrons. The van der Waals surface area contributed by atoms with Crippen LogP contribution in [0, 0.1) is 5.92 Å². The van der Waals surface area contributed by atoms with Crippen molar-refractivity contribution in [2.45, 2.75) is 95.7 Å². The predicted octanol–water partition coefficient (Wildman–Crippen LogP) is 4.96. The molecule has 1 aliphatic carbocycles. The van der Waals surface area contributed by atoms with Crippen LogP contribution in [0.3, 0.4) is 0 Å². The van der Waals surface area contributed by atoms with E-state index in [-0.39, 0.29) is 0 Å². The van der Waals surface area contributed by atoms with Crippen LogP contribution in [0.1, 0.15) is 89.9 Å². The highest BCUT2D eigenvalue weighted by molar-refractivity contribution is 6.45. The molecule has 1 saturated heterocycles. The third-order valence-electron chi connectivity index (χ3n) is 5.36. The summed E-state index contributed by atoms with van der Waals surface area (Å²) in [5.74, 6) is 1.12. The Kier molecular flexibility index (Phi) is 8.05. The zero-order chi connectivity index (χ0) is 14.0. The third-order valence-corrected chi connectivity index (χ3v) is 5.36. The van der Waals surface area contributed by atoms with Gasteiger partial charge in [0.1, 0.15) is 0 Å². The van der Waals surface area contributed by atoms with Crippen LogP contribution in [-0.2, 0) is 4.65 Å². The monoisotopic (exact) mass is 280 g/mol. The van der Waals surface area contributed by atoms with Crippen molar-refractivity contribution in [1.29, 1.82) is 0 Å². The second-order valence-corrected chi connectivity index (χ2v) is 6.94. The molecule has 2 rings (SSSR count). The van der Waals surface area contributed by atoms with Crippen molar-refractivity contribution in [2.24, 2.45) is 5.92 Å². The Hall–Kier alpha value is -0.0151. The summed E-state index contributed by atoms with van der Waals surface area (Å²) >= 11 is 0. The van der Waals surface area contributed by atoms with Gasteiger partial charge in [0.2, 0.25) is 0 Å². The van der Waals surface area contributed by atoms with Gasteiger partial charge >= 0.3 is 7.12 Å². The van der Waals surface area contributed by atoms with Crippen LogP contribution in [0.2, 0.25) is 5.82 Å². The Labute approximate surface area is 125 Å². The summed E-state index contributed by atoms with van der Waals surface area (Å²) in [5.41, 5.74) is 0. The van der Waals surface area contributed by atoms with Crippen LogP contribution in [0.5, 0.6) is 0 Å². The molecule has 1 heterocycles. The van der Waals surface area contributed by atoms with Crippen molar-refractivity contribution in [2.75, 3.05) is 6.61 Å². The summed E-state index contributed by atoms with van der Waals surface area (Å²) in [4.78, 5) is 0. The smallest absolute Gasteiger partial charge is 0.427 e. The maximum atomic E-state index is 10.1. The zero-order valence-electron chi connectivity index (χ0n) is 13.2. The van der Waals surface area contributed by atoms with E-state index in [0.717, 1.165) is 6.61 Å². The second-order valence-electron chi connectivity index (χ2n) is 6.94. The summed E-state index contributed by atoms with van der Waals surface area (Å²) in [6.07, 6.45) is 19.0. The van der Waals surface area contributed by atoms with Gasteiger partial charge in [0.25, 0.3) is 0 Å². The van der Waals surface area contributed by atoms with Gasteiger partial charge in [-0.15, -0.1) is 0 Å². The fourth-order valence-electron chi connectivity index (χ4n) is 4.02. The summed E-state index contributed by atoms with van der Waals surface area (Å²) < 4.78 is 5.49. The molecule has 2 nitrogen and oxygen atoms in total. The molecule has 0 aromatic heterocycles. The van der Waals surface area contributed by atoms with Gasteiger partial charge in [0, 0.05) is 6.61 Å². The number of rotatable bonds is 0. The summed E-state index contributed by atoms with van der Waals surface area (Å²) in [6.45, 7) is 0.766. The van der Waals surface area contributed by atoms with Crippen molar-refractivity contribution in [3.8, 4) is 0 Å². The van der Waals surface area contributed by atoms with Crippen LogP contribution in [-0.4, -0.2) is 18.7 Å². The lowest BCUT2D eigenvalue weighted by molar-refractivity contribution is 0.161. The lowest BCUT2D eigenvalue weighted by atomic mass is 9.59. The van der Waals surface area contributed by atoms with E-state index in [1.54, 1.807) is 0 Å². The maximum absolute atomic E-state index is 10.1. The Balaban J connectivity index is 1.80. The van der Waals surface area contributed by atoms with Crippen molar-refractivity contribution in [1.82, 2.24) is 0 Å². The van der Waals surface area contributed by atoms with Gasteiger partial charge < -0.3 is 9.68 Å². The molecule has 0 radical (unpaired) electrons. The van der Waals surface area contributed by atoms with Crippen LogP contribution >= 0.6 is 0 Å². The molecule has 1 aliphatic heterocycles. The molecule has 0 amide bonds. The first kappa shape index (κ1) is 16.4. The highest BCUT2D eigenvalue weighted by Crippen LogP contribution is 2.37. The van der Waals surface area contributed by atoms with Gasteiger partial charge in [-0.1, -0.05) is 83.5 Å². The highest BCUT2D eigenvalue weighted by Gasteiger charge is 2.36. The van der Waals surface area contributed by atoms with Crippen molar-refractivity contribution >= 4 is 7.12 Å². The van der Waals surface area contributed by atoms with Crippen LogP contribution in [0.15, 0.2) is 0 Å². The molecule has 2 aliphatic rings. The molecule has 2 fully saturated rings. The van der Waals surface area contributed by atoms with E-state index in [2.05, 4.69) is 0 Å². The molecule has 0 bridgehead atoms. The number of fused-ring (bicyclic) bond motifs is 1. The standard InChI is InChI=1S/C17H33BO2/c19-18-17-13-11-9-7-5-3-1-2-4-6-8-10-12-16(17)14-15-20-18/h16-17,19H,1-15H2. The van der Waals surface area contributed by atoms with E-state index < -0.39 is 7.12 Å². The Bertz CT molecular complexity index is 247. The predicted molar refractivity (Wildman–Crippen MR) is 85.8 cm³/mol. The first-order chi connectivity index (χ1) is 9.88. The molecular weight excluding hydrogens is 247 g/mol. The zero-order valence-corrected chi connectivity index (χ0v) is 13.2. The van der Waals surface area contributed by atoms with E-state index in [9.17, 15) is 5.02 Å². The van der Waals surface area contributed by atoms with Gasteiger partial charge in [-0.25, -0.2) is 0 Å². The van der Waals surface area contributed by atoms with E-state index in [4.69, 9.17) is 4.65 Å². The van der Waals surface area contributed by atoms with E-state index in [1.807, 2.05) is 0 Å². The molecule has 1 N–H and O–H groups in total. The lowest BCUT2D eigenvalue weighted by Crippen LogP contribution is -2.36. The molecule has 2 unspecified atom stereocenters. The van der Waals surface area contributed by atoms with Gasteiger partial charge in [-0.3, -0.25) is 0 Å². The van der Waals surface area contributed by atoms with E-state index >= 15 is 0 Å². The summed E-state index contributed by atoms with van der Waals surface area (Å²) in [7, 11) is -0.482. The van der Waals surface area contributed by atoms with E-state index in [1.165, 1.54) is 89.9 Å². The Morgan fingerprint density at radius 2 is 1.15 bits per heavy atom. The Morgan fingerprint density at radius 1 is 0.650 bits per heavy atom. The van der Waals surface area contributed by atoms with Gasteiger partial charge in [0.05, 0.1) is 0 Å².